The zero-order valence-corrected chi connectivity index (χ0v) is 16.6. The number of ether oxygens (including phenoxy) is 3. The average molecular weight is 399 g/mol. The number of rotatable bonds is 6. The predicted molar refractivity (Wildman–Crippen MR) is 103 cm³/mol. The van der Waals surface area contributed by atoms with Crippen molar-refractivity contribution in [2.45, 2.75) is 51.2 Å². The number of nitrogens with zero attached hydrogens (tertiary/aromatic N) is 3. The second kappa shape index (κ2) is 7.96. The molecule has 0 aliphatic carbocycles. The van der Waals surface area contributed by atoms with Gasteiger partial charge in [0.15, 0.2) is 11.9 Å². The van der Waals surface area contributed by atoms with Gasteiger partial charge in [-0.15, -0.1) is 0 Å². The highest BCUT2D eigenvalue weighted by atomic mass is 16.7. The molecule has 4 rings (SSSR count). The van der Waals surface area contributed by atoms with Gasteiger partial charge in [0.25, 0.3) is 5.91 Å². The maximum Gasteiger partial charge on any atom is 0.306 e. The van der Waals surface area contributed by atoms with Crippen LogP contribution in [0.1, 0.15) is 32.4 Å². The van der Waals surface area contributed by atoms with Crippen molar-refractivity contribution < 1.29 is 23.8 Å². The number of carbonyl (C=O) groups is 2. The summed E-state index contributed by atoms with van der Waals surface area (Å²) in [4.78, 5) is 26.3. The van der Waals surface area contributed by atoms with Gasteiger partial charge in [0.05, 0.1) is 24.5 Å². The fourth-order valence-electron chi connectivity index (χ4n) is 3.68. The standard InChI is InChI=1S/C21H25N3O5/c1-21(2)27-14-17(29-21)13-23(20(26)18-8-9-19(25)28-18)12-16-10-11-22-24(16)15-6-4-3-5-7-15/h3-7,10-11,17-18H,8-9,12-14H2,1-2H3/t17-,18+/m1/s1. The minimum atomic E-state index is -0.745. The minimum Gasteiger partial charge on any atom is -0.452 e. The normalized spacial score (nSPS) is 23.2. The molecule has 0 radical (unpaired) electrons. The summed E-state index contributed by atoms with van der Waals surface area (Å²) in [6.07, 6.45) is 1.38. The second-order valence-corrected chi connectivity index (χ2v) is 7.76. The van der Waals surface area contributed by atoms with Gasteiger partial charge in [-0.2, -0.15) is 5.10 Å². The molecule has 8 heteroatoms. The Bertz CT molecular complexity index is 879. The number of amides is 1. The molecule has 2 atom stereocenters. The van der Waals surface area contributed by atoms with Crippen molar-refractivity contribution in [3.05, 3.63) is 48.3 Å². The van der Waals surface area contributed by atoms with Crippen LogP contribution in [-0.2, 0) is 30.3 Å². The number of benzene rings is 1. The first-order chi connectivity index (χ1) is 13.9. The Balaban J connectivity index is 1.55. The molecule has 154 valence electrons. The second-order valence-electron chi connectivity index (χ2n) is 7.76. The Morgan fingerprint density at radius 3 is 2.72 bits per heavy atom. The van der Waals surface area contributed by atoms with Gasteiger partial charge in [-0.1, -0.05) is 18.2 Å². The van der Waals surface area contributed by atoms with Crippen molar-refractivity contribution >= 4 is 11.9 Å². The van der Waals surface area contributed by atoms with Crippen molar-refractivity contribution in [1.29, 1.82) is 0 Å². The number of cyclic esters (lactones) is 1. The van der Waals surface area contributed by atoms with Crippen LogP contribution in [0.5, 0.6) is 0 Å². The van der Waals surface area contributed by atoms with Crippen LogP contribution in [0.15, 0.2) is 42.6 Å². The summed E-state index contributed by atoms with van der Waals surface area (Å²) in [7, 11) is 0. The van der Waals surface area contributed by atoms with Gasteiger partial charge in [0, 0.05) is 25.6 Å². The van der Waals surface area contributed by atoms with Crippen LogP contribution in [0.3, 0.4) is 0 Å². The number of aromatic nitrogens is 2. The molecule has 1 amide bonds. The van der Waals surface area contributed by atoms with Gasteiger partial charge >= 0.3 is 5.97 Å². The number of hydrogen-bond donors (Lipinski definition) is 0. The molecule has 0 unspecified atom stereocenters. The van der Waals surface area contributed by atoms with Crippen LogP contribution in [0.25, 0.3) is 5.69 Å². The molecule has 1 aromatic heterocycles. The Hall–Kier alpha value is -2.71. The van der Waals surface area contributed by atoms with E-state index in [4.69, 9.17) is 14.2 Å². The summed E-state index contributed by atoms with van der Waals surface area (Å²) in [5, 5.41) is 4.40. The molecule has 0 N–H and O–H groups in total. The van der Waals surface area contributed by atoms with Gasteiger partial charge in [0.2, 0.25) is 0 Å². The maximum absolute atomic E-state index is 13.1. The Labute approximate surface area is 169 Å². The molecule has 29 heavy (non-hydrogen) atoms. The molecular formula is C21H25N3O5. The molecule has 2 aliphatic rings. The molecule has 1 aromatic carbocycles. The van der Waals surface area contributed by atoms with Crippen LogP contribution in [0.2, 0.25) is 0 Å². The van der Waals surface area contributed by atoms with E-state index in [2.05, 4.69) is 5.10 Å². The molecular weight excluding hydrogens is 374 g/mol. The van der Waals surface area contributed by atoms with Crippen molar-refractivity contribution in [2.75, 3.05) is 13.2 Å². The van der Waals surface area contributed by atoms with Gasteiger partial charge < -0.3 is 19.1 Å². The van der Waals surface area contributed by atoms with Crippen molar-refractivity contribution in [3.63, 3.8) is 0 Å². The van der Waals surface area contributed by atoms with Gasteiger partial charge in [-0.25, -0.2) is 4.68 Å². The van der Waals surface area contributed by atoms with E-state index in [0.29, 0.717) is 26.1 Å². The SMILES string of the molecule is CC1(C)OC[C@@H](CN(Cc2ccnn2-c2ccccc2)C(=O)[C@@H]2CCC(=O)O2)O1. The zero-order chi connectivity index (χ0) is 20.4. The predicted octanol–water partition coefficient (Wildman–Crippen LogP) is 2.06. The molecule has 2 fully saturated rings. The molecule has 0 bridgehead atoms. The summed E-state index contributed by atoms with van der Waals surface area (Å²) in [5.74, 6) is -1.23. The Kier molecular flexibility index (Phi) is 5.38. The zero-order valence-electron chi connectivity index (χ0n) is 16.6. The lowest BCUT2D eigenvalue weighted by atomic mass is 10.2. The third-order valence-electron chi connectivity index (χ3n) is 5.04. The quantitative estimate of drug-likeness (QED) is 0.692. The molecule has 8 nitrogen and oxygen atoms in total. The third kappa shape index (κ3) is 4.49. The fourth-order valence-corrected chi connectivity index (χ4v) is 3.68. The maximum atomic E-state index is 13.1. The fraction of sp³-hybridized carbons (Fsp3) is 0.476. The van der Waals surface area contributed by atoms with Crippen LogP contribution < -0.4 is 0 Å². The van der Waals surface area contributed by atoms with Gasteiger partial charge in [-0.05, 0) is 32.0 Å². The van der Waals surface area contributed by atoms with Crippen LogP contribution in [0, 0.1) is 0 Å². The van der Waals surface area contributed by atoms with E-state index in [1.54, 1.807) is 15.8 Å². The molecule has 2 aliphatic heterocycles. The number of esters is 1. The highest BCUT2D eigenvalue weighted by molar-refractivity contribution is 5.86. The van der Waals surface area contributed by atoms with Crippen LogP contribution in [-0.4, -0.2) is 57.7 Å². The smallest absolute Gasteiger partial charge is 0.306 e. The summed E-state index contributed by atoms with van der Waals surface area (Å²) in [5.41, 5.74) is 1.76. The minimum absolute atomic E-state index is 0.218. The average Bonchev–Trinajstić information content (AvgIpc) is 3.42. The topological polar surface area (TPSA) is 82.9 Å². The first kappa shape index (κ1) is 19.6. The molecule has 3 heterocycles. The molecule has 0 saturated carbocycles. The molecule has 0 spiro atoms. The van der Waals surface area contributed by atoms with E-state index in [9.17, 15) is 9.59 Å². The first-order valence-electron chi connectivity index (χ1n) is 9.80. The lowest BCUT2D eigenvalue weighted by Gasteiger charge is -2.28. The van der Waals surface area contributed by atoms with E-state index in [1.165, 1.54) is 0 Å². The van der Waals surface area contributed by atoms with E-state index >= 15 is 0 Å². The Morgan fingerprint density at radius 1 is 1.28 bits per heavy atom. The van der Waals surface area contributed by atoms with E-state index < -0.39 is 11.9 Å². The highest BCUT2D eigenvalue weighted by Crippen LogP contribution is 2.25. The van der Waals surface area contributed by atoms with Crippen molar-refractivity contribution in [2.24, 2.45) is 0 Å². The largest absolute Gasteiger partial charge is 0.452 e. The lowest BCUT2D eigenvalue weighted by Crippen LogP contribution is -2.44. The third-order valence-corrected chi connectivity index (χ3v) is 5.04. The summed E-state index contributed by atoms with van der Waals surface area (Å²) in [6.45, 7) is 4.77. The van der Waals surface area contributed by atoms with E-state index in [-0.39, 0.29) is 24.4 Å². The monoisotopic (exact) mass is 399 g/mol. The summed E-state index contributed by atoms with van der Waals surface area (Å²) >= 11 is 0. The number of carbonyl (C=O) groups excluding carboxylic acids is 2. The number of para-hydroxylation sites is 1. The van der Waals surface area contributed by atoms with Crippen LogP contribution in [0.4, 0.5) is 0 Å². The van der Waals surface area contributed by atoms with Crippen molar-refractivity contribution in [1.82, 2.24) is 14.7 Å². The Morgan fingerprint density at radius 2 is 2.07 bits per heavy atom. The first-order valence-corrected chi connectivity index (χ1v) is 9.80. The van der Waals surface area contributed by atoms with Crippen LogP contribution >= 0.6 is 0 Å². The van der Waals surface area contributed by atoms with Gasteiger partial charge in [-0.3, -0.25) is 9.59 Å². The molecule has 2 saturated heterocycles. The highest BCUT2D eigenvalue weighted by Gasteiger charge is 2.38. The van der Waals surface area contributed by atoms with E-state index in [0.717, 1.165) is 11.4 Å². The lowest BCUT2D eigenvalue weighted by molar-refractivity contribution is -0.157. The van der Waals surface area contributed by atoms with Gasteiger partial charge in [0.1, 0.15) is 6.10 Å². The summed E-state index contributed by atoms with van der Waals surface area (Å²) in [6, 6.07) is 11.6. The van der Waals surface area contributed by atoms with Crippen molar-refractivity contribution in [3.8, 4) is 5.69 Å². The number of hydrogen-bond acceptors (Lipinski definition) is 6. The summed E-state index contributed by atoms with van der Waals surface area (Å²) < 4.78 is 18.6. The van der Waals surface area contributed by atoms with E-state index in [1.807, 2.05) is 50.2 Å². The molecule has 2 aromatic rings.